The Labute approximate surface area is 229 Å². The summed E-state index contributed by atoms with van der Waals surface area (Å²) >= 11 is 0. The predicted octanol–water partition coefficient (Wildman–Crippen LogP) is 4.81. The van der Waals surface area contributed by atoms with Crippen molar-refractivity contribution in [1.29, 1.82) is 0 Å². The van der Waals surface area contributed by atoms with Gasteiger partial charge < -0.3 is 1.43 Å². The Morgan fingerprint density at radius 3 is 1.29 bits per heavy atom. The van der Waals surface area contributed by atoms with Gasteiger partial charge in [0, 0.05) is 0 Å². The zero-order chi connectivity index (χ0) is 20.2. The molecule has 0 unspecified atom stereocenters. The second-order valence-electron chi connectivity index (χ2n) is 7.37. The van der Waals surface area contributed by atoms with Gasteiger partial charge in [-0.15, -0.1) is 0 Å². The van der Waals surface area contributed by atoms with Crippen molar-refractivity contribution in [2.24, 2.45) is 0 Å². The third-order valence-electron chi connectivity index (χ3n) is 5.50. The van der Waals surface area contributed by atoms with Crippen LogP contribution in [0.4, 0.5) is 0 Å². The molecule has 2 heteroatoms. The maximum atomic E-state index is 2.27. The van der Waals surface area contributed by atoms with Crippen LogP contribution in [0.2, 0.25) is 0 Å². The van der Waals surface area contributed by atoms with Crippen LogP contribution in [0, 0.1) is 0 Å². The average molecular weight is 420 g/mol. The van der Waals surface area contributed by atoms with E-state index in [-0.39, 0.29) is 52.8 Å². The molecular weight excluding hydrogens is 398 g/mol. The molecule has 5 aromatic rings. The summed E-state index contributed by atoms with van der Waals surface area (Å²) < 4.78 is 0. The molecule has 0 fully saturated rings. The molecule has 0 N–H and O–H groups in total. The molecule has 0 bridgehead atoms. The van der Waals surface area contributed by atoms with Crippen LogP contribution >= 0.6 is 0 Å². The minimum atomic E-state index is 0. The van der Waals surface area contributed by atoms with E-state index in [1.54, 1.807) is 0 Å². The summed E-state index contributed by atoms with van der Waals surface area (Å²) in [5.74, 6) is 2.27. The Bertz CT molecular complexity index is 1160. The molecule has 0 nitrogen and oxygen atoms in total. The number of benzene rings is 4. The fourth-order valence-electron chi connectivity index (χ4n) is 4.13. The molecule has 0 aliphatic heterocycles. The normalized spacial score (nSPS) is 10.2. The Kier molecular flexibility index (Phi) is 7.50. The average Bonchev–Trinajstić information content (AvgIpc) is 2.85. The van der Waals surface area contributed by atoms with Crippen molar-refractivity contribution >= 4 is 6.91 Å². The molecule has 1 aromatic heterocycles. The van der Waals surface area contributed by atoms with Gasteiger partial charge >= 0.3 is 230 Å². The van der Waals surface area contributed by atoms with Gasteiger partial charge in [-0.25, -0.2) is 0 Å². The summed E-state index contributed by atoms with van der Waals surface area (Å²) in [6.07, 6.45) is 0. The minimum absolute atomic E-state index is 0. The molecule has 0 spiro atoms. The molecule has 0 aliphatic rings. The number of rotatable bonds is 4. The van der Waals surface area contributed by atoms with Crippen LogP contribution in [0.1, 0.15) is 1.43 Å². The SMILES string of the molecule is [H-].[K+].b1cc(-c2ccccc2)c(-c2ccccc2)c(-c2ccccc2)c1-c1ccccc1. The Balaban J connectivity index is 0.00000144. The Hall–Kier alpha value is -2.07. The van der Waals surface area contributed by atoms with E-state index in [1.807, 2.05) is 0 Å². The molecule has 0 saturated heterocycles. The van der Waals surface area contributed by atoms with E-state index in [1.165, 1.54) is 44.4 Å². The summed E-state index contributed by atoms with van der Waals surface area (Å²) in [5.41, 5.74) is 9.96. The van der Waals surface area contributed by atoms with Crippen molar-refractivity contribution in [3.8, 4) is 44.4 Å². The zero-order valence-corrected chi connectivity index (χ0v) is 20.8. The summed E-state index contributed by atoms with van der Waals surface area (Å²) in [6.45, 7) is 2.27. The molecule has 0 saturated carbocycles. The van der Waals surface area contributed by atoms with Crippen LogP contribution in [0.3, 0.4) is 0 Å². The van der Waals surface area contributed by atoms with Gasteiger partial charge in [-0.2, -0.15) is 0 Å². The molecule has 0 aliphatic carbocycles. The van der Waals surface area contributed by atoms with Gasteiger partial charge in [0.1, 0.15) is 0 Å². The van der Waals surface area contributed by atoms with Crippen molar-refractivity contribution < 1.29 is 52.8 Å². The van der Waals surface area contributed by atoms with Crippen LogP contribution < -0.4 is 51.4 Å². The van der Waals surface area contributed by atoms with Crippen LogP contribution in [0.15, 0.2) is 127 Å². The Morgan fingerprint density at radius 1 is 0.419 bits per heavy atom. The maximum absolute atomic E-state index is 2.27. The fourth-order valence-corrected chi connectivity index (χ4v) is 4.13. The van der Waals surface area contributed by atoms with E-state index < -0.39 is 0 Å². The van der Waals surface area contributed by atoms with Crippen molar-refractivity contribution in [2.75, 3.05) is 0 Å². The quantitative estimate of drug-likeness (QED) is 0.366. The number of hydrogen-bond acceptors (Lipinski definition) is 0. The number of hydrogen-bond donors (Lipinski definition) is 0. The van der Waals surface area contributed by atoms with Crippen LogP contribution in [0.5, 0.6) is 0 Å². The topological polar surface area (TPSA) is 0 Å². The fraction of sp³-hybridized carbons (Fsp3) is 0. The molecule has 0 radical (unpaired) electrons. The monoisotopic (exact) mass is 420 g/mol. The summed E-state index contributed by atoms with van der Waals surface area (Å²) in [6, 6.07) is 42.8. The van der Waals surface area contributed by atoms with Crippen molar-refractivity contribution in [3.63, 3.8) is 0 Å². The van der Waals surface area contributed by atoms with Gasteiger partial charge in [0.25, 0.3) is 0 Å². The van der Waals surface area contributed by atoms with Crippen molar-refractivity contribution in [1.82, 2.24) is 0 Å². The van der Waals surface area contributed by atoms with Crippen molar-refractivity contribution in [3.05, 3.63) is 127 Å². The molecule has 1 heterocycles. The van der Waals surface area contributed by atoms with E-state index in [0.29, 0.717) is 0 Å². The van der Waals surface area contributed by atoms with E-state index in [9.17, 15) is 0 Å². The van der Waals surface area contributed by atoms with Crippen LogP contribution in [0.25, 0.3) is 44.4 Å². The Morgan fingerprint density at radius 2 is 0.806 bits per heavy atom. The third kappa shape index (κ3) is 4.74. The zero-order valence-electron chi connectivity index (χ0n) is 18.7. The van der Waals surface area contributed by atoms with Gasteiger partial charge in [0.15, 0.2) is 0 Å². The molecular formula is C29H22BK. The molecule has 4 aromatic carbocycles. The summed E-state index contributed by atoms with van der Waals surface area (Å²) in [7, 11) is 0. The van der Waals surface area contributed by atoms with E-state index in [2.05, 4.69) is 134 Å². The molecule has 0 atom stereocenters. The van der Waals surface area contributed by atoms with Crippen molar-refractivity contribution in [2.45, 2.75) is 0 Å². The van der Waals surface area contributed by atoms with E-state index in [0.717, 1.165) is 0 Å². The summed E-state index contributed by atoms with van der Waals surface area (Å²) in [5, 5.41) is 0. The third-order valence-corrected chi connectivity index (χ3v) is 5.50. The standard InChI is InChI=1S/C29H21B.K.H/c1-5-13-22(14-6-1)26-21-30-29(25-19-11-4-12-20-25)28(24-17-9-3-10-18-24)27(26)23-15-7-2-8-16-23;;/h1-21H;;/q;+1;-1. The molecule has 142 valence electrons. The van der Waals surface area contributed by atoms with Gasteiger partial charge in [0.2, 0.25) is 0 Å². The van der Waals surface area contributed by atoms with Gasteiger partial charge in [-0.1, -0.05) is 0 Å². The predicted molar refractivity (Wildman–Crippen MR) is 131 cm³/mol. The van der Waals surface area contributed by atoms with Crippen LogP contribution in [-0.2, 0) is 0 Å². The van der Waals surface area contributed by atoms with Crippen LogP contribution in [-0.4, -0.2) is 6.91 Å². The van der Waals surface area contributed by atoms with E-state index in [4.69, 9.17) is 0 Å². The molecule has 31 heavy (non-hydrogen) atoms. The first kappa shape index (κ1) is 22.1. The molecule has 5 rings (SSSR count). The second kappa shape index (κ2) is 10.5. The first-order valence-electron chi connectivity index (χ1n) is 10.3. The summed E-state index contributed by atoms with van der Waals surface area (Å²) in [4.78, 5) is 0. The van der Waals surface area contributed by atoms with Gasteiger partial charge in [-0.05, 0) is 0 Å². The van der Waals surface area contributed by atoms with Gasteiger partial charge in [-0.3, -0.25) is 0 Å². The first-order valence-corrected chi connectivity index (χ1v) is 10.3. The second-order valence-corrected chi connectivity index (χ2v) is 7.37. The molecule has 0 amide bonds. The van der Waals surface area contributed by atoms with Gasteiger partial charge in [0.05, 0.1) is 0 Å². The van der Waals surface area contributed by atoms with E-state index >= 15 is 0 Å². The first-order chi connectivity index (χ1) is 14.9.